The van der Waals surface area contributed by atoms with Crippen LogP contribution in [0.3, 0.4) is 0 Å². The number of alkyl halides is 3. The highest BCUT2D eigenvalue weighted by atomic mass is 19.4. The number of carbonyl (C=O) groups excluding carboxylic acids is 1. The number of aliphatic hydroxyl groups excluding tert-OH is 3. The monoisotopic (exact) mass is 293 g/mol. The van der Waals surface area contributed by atoms with E-state index in [1.807, 2.05) is 0 Å². The van der Waals surface area contributed by atoms with Gasteiger partial charge < -0.3 is 20.6 Å². The second kappa shape index (κ2) is 6.21. The molecular formula is C12H14F3NO4. The number of aliphatic hydroxyl groups is 3. The van der Waals surface area contributed by atoms with Crippen LogP contribution in [0.1, 0.15) is 15.9 Å². The van der Waals surface area contributed by atoms with Gasteiger partial charge in [0.1, 0.15) is 5.54 Å². The van der Waals surface area contributed by atoms with Crippen molar-refractivity contribution >= 4 is 5.91 Å². The molecule has 0 spiro atoms. The lowest BCUT2D eigenvalue weighted by Gasteiger charge is -2.28. The van der Waals surface area contributed by atoms with Crippen LogP contribution in [0.4, 0.5) is 13.2 Å². The third-order valence-electron chi connectivity index (χ3n) is 2.74. The summed E-state index contributed by atoms with van der Waals surface area (Å²) in [4.78, 5) is 11.8. The van der Waals surface area contributed by atoms with Gasteiger partial charge in [0.2, 0.25) is 0 Å². The Labute approximate surface area is 112 Å². The maximum atomic E-state index is 12.5. The van der Waals surface area contributed by atoms with Crippen molar-refractivity contribution in [1.29, 1.82) is 0 Å². The molecule has 1 rings (SSSR count). The molecule has 1 aromatic rings. The molecule has 0 aliphatic heterocycles. The molecule has 1 aromatic carbocycles. The highest BCUT2D eigenvalue weighted by Crippen LogP contribution is 2.29. The first-order valence-electron chi connectivity index (χ1n) is 5.60. The zero-order valence-electron chi connectivity index (χ0n) is 10.3. The molecule has 4 N–H and O–H groups in total. The Morgan fingerprint density at radius 2 is 1.65 bits per heavy atom. The molecule has 1 amide bonds. The molecule has 0 atom stereocenters. The summed E-state index contributed by atoms with van der Waals surface area (Å²) in [6.45, 7) is -2.28. The van der Waals surface area contributed by atoms with Crippen LogP contribution < -0.4 is 5.32 Å². The molecule has 0 radical (unpaired) electrons. The molecule has 0 saturated heterocycles. The molecule has 0 heterocycles. The fourth-order valence-corrected chi connectivity index (χ4v) is 1.42. The van der Waals surface area contributed by atoms with Crippen molar-refractivity contribution in [3.05, 3.63) is 35.4 Å². The Hall–Kier alpha value is -1.64. The Kier molecular flexibility index (Phi) is 5.09. The van der Waals surface area contributed by atoms with E-state index in [-0.39, 0.29) is 5.56 Å². The quantitative estimate of drug-likeness (QED) is 0.622. The number of hydrogen-bond acceptors (Lipinski definition) is 4. The summed E-state index contributed by atoms with van der Waals surface area (Å²) in [6.07, 6.45) is -4.59. The summed E-state index contributed by atoms with van der Waals surface area (Å²) in [5.41, 5.74) is -2.97. The maximum absolute atomic E-state index is 12.5. The lowest BCUT2D eigenvalue weighted by molar-refractivity contribution is -0.137. The summed E-state index contributed by atoms with van der Waals surface area (Å²) < 4.78 is 37.5. The van der Waals surface area contributed by atoms with Crippen molar-refractivity contribution < 1.29 is 33.3 Å². The van der Waals surface area contributed by atoms with Gasteiger partial charge in [0.25, 0.3) is 5.91 Å². The van der Waals surface area contributed by atoms with E-state index in [1.165, 1.54) is 0 Å². The molecule has 0 aliphatic rings. The van der Waals surface area contributed by atoms with Crippen molar-refractivity contribution in [3.63, 3.8) is 0 Å². The second-order valence-electron chi connectivity index (χ2n) is 4.29. The van der Waals surface area contributed by atoms with Crippen LogP contribution in [0.5, 0.6) is 0 Å². The highest BCUT2D eigenvalue weighted by Gasteiger charge is 2.33. The molecule has 0 saturated carbocycles. The van der Waals surface area contributed by atoms with Crippen LogP contribution in [0, 0.1) is 0 Å². The van der Waals surface area contributed by atoms with E-state index in [1.54, 1.807) is 0 Å². The van der Waals surface area contributed by atoms with Crippen molar-refractivity contribution in [2.24, 2.45) is 0 Å². The summed E-state index contributed by atoms with van der Waals surface area (Å²) in [6, 6.07) is 3.68. The van der Waals surface area contributed by atoms with E-state index in [4.69, 9.17) is 15.3 Å². The number of benzene rings is 1. The van der Waals surface area contributed by atoms with Gasteiger partial charge >= 0.3 is 6.18 Å². The van der Waals surface area contributed by atoms with Crippen molar-refractivity contribution in [2.75, 3.05) is 19.8 Å². The first-order chi connectivity index (χ1) is 9.28. The van der Waals surface area contributed by atoms with Crippen LogP contribution in [-0.4, -0.2) is 46.6 Å². The Morgan fingerprint density at radius 1 is 1.10 bits per heavy atom. The van der Waals surface area contributed by atoms with Gasteiger partial charge in [-0.15, -0.1) is 0 Å². The fraction of sp³-hybridized carbons (Fsp3) is 0.417. The average Bonchev–Trinajstić information content (AvgIpc) is 2.44. The average molecular weight is 293 g/mol. The number of rotatable bonds is 5. The highest BCUT2D eigenvalue weighted by molar-refractivity contribution is 5.95. The summed E-state index contributed by atoms with van der Waals surface area (Å²) >= 11 is 0. The number of halogens is 3. The van der Waals surface area contributed by atoms with E-state index in [0.717, 1.165) is 18.2 Å². The zero-order valence-corrected chi connectivity index (χ0v) is 10.3. The summed E-state index contributed by atoms with van der Waals surface area (Å²) in [7, 11) is 0. The van der Waals surface area contributed by atoms with Gasteiger partial charge in [-0.05, 0) is 18.2 Å². The largest absolute Gasteiger partial charge is 0.416 e. The number of hydrogen-bond donors (Lipinski definition) is 4. The minimum atomic E-state index is -4.59. The molecule has 112 valence electrons. The predicted octanol–water partition coefficient (Wildman–Crippen LogP) is 0.151. The minimum absolute atomic E-state index is 0.292. The fourth-order valence-electron chi connectivity index (χ4n) is 1.42. The van der Waals surface area contributed by atoms with Crippen LogP contribution in [0.2, 0.25) is 0 Å². The number of amides is 1. The van der Waals surface area contributed by atoms with Gasteiger partial charge in [-0.3, -0.25) is 4.79 Å². The molecular weight excluding hydrogens is 279 g/mol. The first-order valence-corrected chi connectivity index (χ1v) is 5.60. The van der Waals surface area contributed by atoms with Crippen LogP contribution in [0.25, 0.3) is 0 Å². The Balaban J connectivity index is 2.99. The van der Waals surface area contributed by atoms with E-state index < -0.39 is 43.0 Å². The van der Waals surface area contributed by atoms with Crippen LogP contribution in [-0.2, 0) is 6.18 Å². The molecule has 0 aliphatic carbocycles. The Morgan fingerprint density at radius 3 is 2.10 bits per heavy atom. The summed E-state index contributed by atoms with van der Waals surface area (Å²) in [5, 5.41) is 29.2. The summed E-state index contributed by atoms with van der Waals surface area (Å²) in [5.74, 6) is -0.937. The molecule has 5 nitrogen and oxygen atoms in total. The zero-order chi connectivity index (χ0) is 15.4. The van der Waals surface area contributed by atoms with Gasteiger partial charge in [0, 0.05) is 5.56 Å². The molecule has 0 bridgehead atoms. The van der Waals surface area contributed by atoms with E-state index in [0.29, 0.717) is 6.07 Å². The van der Waals surface area contributed by atoms with E-state index >= 15 is 0 Å². The Bertz CT molecular complexity index is 464. The first kappa shape index (κ1) is 16.4. The van der Waals surface area contributed by atoms with Crippen LogP contribution in [0.15, 0.2) is 24.3 Å². The number of nitrogens with one attached hydrogen (secondary N) is 1. The van der Waals surface area contributed by atoms with Crippen LogP contribution >= 0.6 is 0 Å². The standard InChI is InChI=1S/C12H14F3NO4/c13-12(14,15)9-3-1-2-8(4-9)10(20)16-11(5-17,6-18)7-19/h1-4,17-19H,5-7H2,(H,16,20). The normalized spacial score (nSPS) is 12.3. The minimum Gasteiger partial charge on any atom is -0.394 e. The maximum Gasteiger partial charge on any atom is 0.416 e. The van der Waals surface area contributed by atoms with E-state index in [2.05, 4.69) is 5.32 Å². The number of carbonyl (C=O) groups is 1. The molecule has 0 unspecified atom stereocenters. The second-order valence-corrected chi connectivity index (χ2v) is 4.29. The third-order valence-corrected chi connectivity index (χ3v) is 2.74. The van der Waals surface area contributed by atoms with Gasteiger partial charge in [0.15, 0.2) is 0 Å². The van der Waals surface area contributed by atoms with Crippen molar-refractivity contribution in [2.45, 2.75) is 11.7 Å². The SMILES string of the molecule is O=C(NC(CO)(CO)CO)c1cccc(C(F)(F)F)c1. The molecule has 20 heavy (non-hydrogen) atoms. The molecule has 8 heteroatoms. The molecule has 0 fully saturated rings. The van der Waals surface area contributed by atoms with Gasteiger partial charge in [-0.2, -0.15) is 13.2 Å². The third kappa shape index (κ3) is 3.69. The van der Waals surface area contributed by atoms with Crippen molar-refractivity contribution in [3.8, 4) is 0 Å². The van der Waals surface area contributed by atoms with Gasteiger partial charge in [-0.25, -0.2) is 0 Å². The van der Waals surface area contributed by atoms with Gasteiger partial charge in [0.05, 0.1) is 25.4 Å². The lowest BCUT2D eigenvalue weighted by atomic mass is 10.0. The smallest absolute Gasteiger partial charge is 0.394 e. The van der Waals surface area contributed by atoms with E-state index in [9.17, 15) is 18.0 Å². The van der Waals surface area contributed by atoms with Crippen molar-refractivity contribution in [1.82, 2.24) is 5.32 Å². The van der Waals surface area contributed by atoms with Gasteiger partial charge in [-0.1, -0.05) is 6.07 Å². The topological polar surface area (TPSA) is 89.8 Å². The lowest BCUT2D eigenvalue weighted by Crippen LogP contribution is -2.57. The predicted molar refractivity (Wildman–Crippen MR) is 62.9 cm³/mol. The molecule has 0 aromatic heterocycles.